The maximum absolute atomic E-state index is 8.08. The van der Waals surface area contributed by atoms with Crippen LogP contribution >= 0.6 is 0 Å². The summed E-state index contributed by atoms with van der Waals surface area (Å²) in [6, 6.07) is 6.94. The highest BCUT2D eigenvalue weighted by Crippen LogP contribution is 2.86. The highest BCUT2D eigenvalue weighted by atomic mass is 16.5. The van der Waals surface area contributed by atoms with Crippen LogP contribution in [-0.2, 0) is 23.9 Å². The number of ether oxygens (including phenoxy) is 2. The maximum Gasteiger partial charge on any atom is 0.154 e. The molecule has 0 bridgehead atoms. The fourth-order valence-electron chi connectivity index (χ4n) is 17.6. The van der Waals surface area contributed by atoms with Gasteiger partial charge in [-0.15, -0.1) is 0 Å². The maximum atomic E-state index is 8.08. The van der Waals surface area contributed by atoms with Gasteiger partial charge in [0.1, 0.15) is 11.5 Å². The van der Waals surface area contributed by atoms with Gasteiger partial charge < -0.3 is 9.47 Å². The third-order valence-corrected chi connectivity index (χ3v) is 18.0. The first-order valence-electron chi connectivity index (χ1n) is 19.5. The molecule has 12 aliphatic rings. The molecule has 49 heavy (non-hydrogen) atoms. The van der Waals surface area contributed by atoms with Crippen molar-refractivity contribution in [2.24, 2.45) is 17.8 Å². The average Bonchev–Trinajstić information content (AvgIpc) is 3.97. The van der Waals surface area contributed by atoms with Gasteiger partial charge in [-0.25, -0.2) is 0 Å². The van der Waals surface area contributed by atoms with Gasteiger partial charge in [0.2, 0.25) is 0 Å². The summed E-state index contributed by atoms with van der Waals surface area (Å²) < 4.78 is 14.2. The Labute approximate surface area is 281 Å². The fourth-order valence-corrected chi connectivity index (χ4v) is 17.6. The van der Waals surface area contributed by atoms with Gasteiger partial charge in [0.25, 0.3) is 0 Å². The number of allylic oxidation sites excluding steroid dienone is 5. The molecule has 0 radical (unpaired) electrons. The van der Waals surface area contributed by atoms with Crippen molar-refractivity contribution >= 4 is 59.8 Å². The van der Waals surface area contributed by atoms with Crippen molar-refractivity contribution in [3.05, 3.63) is 96.8 Å². The SMILES string of the molecule is COc1ccc2c(c1)C13C4=C5CCC1C1C=CC6=C7CCc8c9c%10c%11c%12c%13c(c4c4c%14c%15c(c7c8c%10c%15c4%12)C6C1C%143O2)C5CCC=%13C%11CC9. The molecule has 2 spiro atoms. The van der Waals surface area contributed by atoms with Crippen molar-refractivity contribution in [1.82, 2.24) is 0 Å². The van der Waals surface area contributed by atoms with E-state index in [2.05, 4.69) is 30.4 Å². The quantitative estimate of drug-likeness (QED) is 0.169. The lowest BCUT2D eigenvalue weighted by atomic mass is 9.49. The van der Waals surface area contributed by atoms with Crippen LogP contribution in [0.2, 0.25) is 0 Å². The molecule has 2 heteroatoms. The number of rotatable bonds is 1. The number of benzene rings is 4. The van der Waals surface area contributed by atoms with Gasteiger partial charge in [0, 0.05) is 34.8 Å². The Balaban J connectivity index is 1.24. The van der Waals surface area contributed by atoms with Crippen LogP contribution in [0.4, 0.5) is 0 Å². The van der Waals surface area contributed by atoms with Gasteiger partial charge in [0.15, 0.2) is 5.60 Å². The normalized spacial score (nSPS) is 37.7. The van der Waals surface area contributed by atoms with E-state index in [1.807, 2.05) is 18.3 Å². The average molecular weight is 627 g/mol. The van der Waals surface area contributed by atoms with Gasteiger partial charge >= 0.3 is 0 Å². The molecule has 18 rings (SSSR count). The van der Waals surface area contributed by atoms with Crippen LogP contribution < -0.4 is 14.7 Å². The molecule has 6 aromatic carbocycles. The van der Waals surface area contributed by atoms with Crippen LogP contribution in [0.15, 0.2) is 41.5 Å². The zero-order chi connectivity index (χ0) is 30.5. The van der Waals surface area contributed by atoms with E-state index in [0.717, 1.165) is 11.5 Å². The zero-order valence-electron chi connectivity index (χ0n) is 27.3. The molecule has 1 aliphatic heterocycles. The number of methoxy groups -OCH3 is 1. The van der Waals surface area contributed by atoms with Gasteiger partial charge in [-0.2, -0.15) is 0 Å². The van der Waals surface area contributed by atoms with E-state index in [9.17, 15) is 0 Å². The Hall–Kier alpha value is -4.30. The minimum Gasteiger partial charge on any atom is -0.497 e. The van der Waals surface area contributed by atoms with Crippen LogP contribution in [0.3, 0.4) is 0 Å². The lowest BCUT2D eigenvalue weighted by Crippen LogP contribution is -2.56. The highest BCUT2D eigenvalue weighted by Gasteiger charge is 2.83. The number of aryl methyl sites for hydroxylation is 2. The van der Waals surface area contributed by atoms with E-state index >= 15 is 0 Å². The standard InChI is InChI=1S/C47H30O2/c1-48-15-2-13-27-26(14-15)46-25-12-11-23-22-8-7-19-18-4-3-16-17-5-6-20-21-9-10-24(25)44-34(21)37-31(20)30(17)35-28(16)29(18)36-32(19)33(22)40(43(23)46)42-39(36)38(35)41(37)45(42)47(44,46)49-27/h2,9-10,13-14,18,22,24-25,34,44H,3-8,11-12H2,1H3. The predicted molar refractivity (Wildman–Crippen MR) is 191 cm³/mol. The Morgan fingerprint density at radius 1 is 0.755 bits per heavy atom. The minimum atomic E-state index is -0.366. The summed E-state index contributed by atoms with van der Waals surface area (Å²) in [5.41, 5.74) is 23.8. The monoisotopic (exact) mass is 626 g/mol. The lowest BCUT2D eigenvalue weighted by Gasteiger charge is -2.53. The van der Waals surface area contributed by atoms with E-state index in [-0.39, 0.29) is 11.0 Å². The van der Waals surface area contributed by atoms with Crippen molar-refractivity contribution in [2.75, 3.05) is 7.11 Å². The van der Waals surface area contributed by atoms with Gasteiger partial charge in [0.05, 0.1) is 12.5 Å². The van der Waals surface area contributed by atoms with Crippen LogP contribution in [0.5, 0.6) is 11.5 Å². The first kappa shape index (κ1) is 22.4. The first-order chi connectivity index (χ1) is 24.3. The van der Waals surface area contributed by atoms with Crippen molar-refractivity contribution in [2.45, 2.75) is 80.1 Å². The molecule has 0 N–H and O–H groups in total. The second-order valence-electron chi connectivity index (χ2n) is 18.3. The Morgan fingerprint density at radius 2 is 1.61 bits per heavy atom. The summed E-state index contributed by atoms with van der Waals surface area (Å²) in [4.78, 5) is 0. The summed E-state index contributed by atoms with van der Waals surface area (Å²) in [6.07, 6.45) is 15.7. The van der Waals surface area contributed by atoms with E-state index < -0.39 is 0 Å². The molecule has 8 unspecified atom stereocenters. The summed E-state index contributed by atoms with van der Waals surface area (Å²) in [5.74, 6) is 5.33. The molecule has 230 valence electrons. The molecule has 0 amide bonds. The second kappa shape index (κ2) is 5.95. The van der Waals surface area contributed by atoms with E-state index in [4.69, 9.17) is 9.47 Å². The summed E-state index contributed by atoms with van der Waals surface area (Å²) >= 11 is 0. The highest BCUT2D eigenvalue weighted by molar-refractivity contribution is 6.43. The minimum absolute atomic E-state index is 0.153. The van der Waals surface area contributed by atoms with Crippen molar-refractivity contribution in [1.29, 1.82) is 0 Å². The molecule has 1 saturated carbocycles. The van der Waals surface area contributed by atoms with Gasteiger partial charge in [-0.1, -0.05) is 23.3 Å². The molecular formula is C47H30O2. The fraction of sp³-hybridized carbons (Fsp3) is 0.362. The first-order valence-corrected chi connectivity index (χ1v) is 19.5. The van der Waals surface area contributed by atoms with Crippen LogP contribution in [0, 0.1) is 17.8 Å². The molecular weight excluding hydrogens is 597 g/mol. The molecule has 11 aliphatic carbocycles. The topological polar surface area (TPSA) is 18.5 Å². The summed E-state index contributed by atoms with van der Waals surface area (Å²) in [7, 11) is 1.86. The Morgan fingerprint density at radius 3 is 2.57 bits per heavy atom. The van der Waals surface area contributed by atoms with Crippen molar-refractivity contribution in [3.8, 4) is 11.5 Å². The van der Waals surface area contributed by atoms with E-state index in [1.54, 1.807) is 110 Å². The Bertz CT molecular complexity index is 3110. The molecule has 2 nitrogen and oxygen atoms in total. The number of fused-ring (bicyclic) bond motifs is 5. The predicted octanol–water partition coefficient (Wildman–Crippen LogP) is 9.32. The van der Waals surface area contributed by atoms with Crippen molar-refractivity contribution in [3.63, 3.8) is 0 Å². The largest absolute Gasteiger partial charge is 0.497 e. The third kappa shape index (κ3) is 1.57. The van der Waals surface area contributed by atoms with Crippen LogP contribution in [0.1, 0.15) is 106 Å². The van der Waals surface area contributed by atoms with Gasteiger partial charge in [-0.3, -0.25) is 0 Å². The Kier molecular flexibility index (Phi) is 2.72. The smallest absolute Gasteiger partial charge is 0.154 e. The van der Waals surface area contributed by atoms with Crippen LogP contribution in [0.25, 0.3) is 59.8 Å². The van der Waals surface area contributed by atoms with E-state index in [1.165, 1.54) is 56.9 Å². The second-order valence-corrected chi connectivity index (χ2v) is 18.3. The van der Waals surface area contributed by atoms with E-state index in [0.29, 0.717) is 35.5 Å². The zero-order valence-corrected chi connectivity index (χ0v) is 27.3. The molecule has 8 atom stereocenters. The van der Waals surface area contributed by atoms with Crippen LogP contribution in [-0.4, -0.2) is 7.11 Å². The number of hydrogen-bond donors (Lipinski definition) is 0. The third-order valence-electron chi connectivity index (χ3n) is 18.0. The molecule has 1 heterocycles. The summed E-state index contributed by atoms with van der Waals surface area (Å²) in [6.45, 7) is 0. The number of hydrogen-bond acceptors (Lipinski definition) is 2. The lowest BCUT2D eigenvalue weighted by molar-refractivity contribution is -0.00456. The molecule has 0 saturated heterocycles. The van der Waals surface area contributed by atoms with Gasteiger partial charge in [-0.05, 0) is 185 Å². The molecule has 6 aromatic rings. The molecule has 1 fully saturated rings. The summed E-state index contributed by atoms with van der Waals surface area (Å²) in [5, 5.41) is 15.4. The van der Waals surface area contributed by atoms with Crippen molar-refractivity contribution < 1.29 is 9.47 Å². The molecule has 0 aromatic heterocycles.